The van der Waals surface area contributed by atoms with Crippen LogP contribution in [0, 0.1) is 0 Å². The van der Waals surface area contributed by atoms with Crippen molar-refractivity contribution in [3.63, 3.8) is 0 Å². The molecule has 0 saturated carbocycles. The molecular weight excluding hydrogens is 611 g/mol. The van der Waals surface area contributed by atoms with Crippen molar-refractivity contribution < 1.29 is 0 Å². The maximum atomic E-state index is 2.57. The molecule has 0 bridgehead atoms. The van der Waals surface area contributed by atoms with Gasteiger partial charge in [0.25, 0.3) is 0 Å². The molecule has 0 radical (unpaired) electrons. The summed E-state index contributed by atoms with van der Waals surface area (Å²) in [6.07, 6.45) is 11.6. The number of thiophene rings is 1. The van der Waals surface area contributed by atoms with E-state index in [4.69, 9.17) is 0 Å². The first-order valence-electron chi connectivity index (χ1n) is 17.6. The molecule has 0 saturated heterocycles. The van der Waals surface area contributed by atoms with Gasteiger partial charge in [-0.3, -0.25) is 0 Å². The first kappa shape index (κ1) is 26.5. The molecule has 5 aliphatic rings. The van der Waals surface area contributed by atoms with Gasteiger partial charge in [-0.1, -0.05) is 109 Å². The average molecular weight is 642 g/mol. The van der Waals surface area contributed by atoms with Crippen LogP contribution in [0.15, 0.2) is 139 Å². The van der Waals surface area contributed by atoms with Crippen molar-refractivity contribution in [2.75, 3.05) is 4.90 Å². The van der Waals surface area contributed by atoms with E-state index in [1.807, 2.05) is 11.3 Å². The highest BCUT2D eigenvalue weighted by atomic mass is 32.1. The lowest BCUT2D eigenvalue weighted by Crippen LogP contribution is -2.24. The van der Waals surface area contributed by atoms with Crippen molar-refractivity contribution in [2.45, 2.75) is 31.1 Å². The van der Waals surface area contributed by atoms with Gasteiger partial charge in [0.1, 0.15) is 0 Å². The largest absolute Gasteiger partial charge is 0.308 e. The van der Waals surface area contributed by atoms with Crippen LogP contribution in [0.3, 0.4) is 0 Å². The summed E-state index contributed by atoms with van der Waals surface area (Å²) in [5.74, 6) is 0. The molecule has 1 unspecified atom stereocenters. The molecule has 6 aromatic carbocycles. The Labute approximate surface area is 289 Å². The van der Waals surface area contributed by atoms with Crippen LogP contribution < -0.4 is 4.90 Å². The first-order valence-corrected chi connectivity index (χ1v) is 18.5. The fraction of sp³-hybridized carbons (Fsp3) is 0.106. The number of allylic oxidation sites excluding steroid dienone is 5. The molecule has 1 heterocycles. The average Bonchev–Trinajstić information content (AvgIpc) is 3.87. The summed E-state index contributed by atoms with van der Waals surface area (Å²) in [4.78, 5) is 3.98. The summed E-state index contributed by atoms with van der Waals surface area (Å²) in [7, 11) is 0. The SMILES string of the molecule is C1=Cc2sc3c(N(c4ccc5c(c4)C46C7=C(CCC=C7c7cccc-5c74)c4ccccc46)c4cccc5ccccc45)cccc3c2CC1. The summed E-state index contributed by atoms with van der Waals surface area (Å²) < 4.78 is 1.37. The van der Waals surface area contributed by atoms with Crippen molar-refractivity contribution >= 4 is 66.5 Å². The minimum Gasteiger partial charge on any atom is -0.308 e. The third-order valence-corrected chi connectivity index (χ3v) is 13.2. The van der Waals surface area contributed by atoms with Gasteiger partial charge in [0, 0.05) is 16.0 Å². The van der Waals surface area contributed by atoms with E-state index < -0.39 is 0 Å². The number of benzene rings is 6. The second kappa shape index (κ2) is 9.37. The number of fused-ring (bicyclic) bond motifs is 9. The number of hydrogen-bond donors (Lipinski definition) is 0. The van der Waals surface area contributed by atoms with E-state index in [0.29, 0.717) is 0 Å². The molecule has 0 fully saturated rings. The Bertz CT molecular complexity index is 2730. The first-order chi connectivity index (χ1) is 24.3. The fourth-order valence-corrected chi connectivity index (χ4v) is 11.5. The van der Waals surface area contributed by atoms with Crippen molar-refractivity contribution in [1.29, 1.82) is 0 Å². The number of hydrogen-bond acceptors (Lipinski definition) is 2. The van der Waals surface area contributed by atoms with Crippen molar-refractivity contribution in [3.05, 3.63) is 177 Å². The lowest BCUT2D eigenvalue weighted by atomic mass is 9.72. The van der Waals surface area contributed by atoms with Gasteiger partial charge in [0.05, 0.1) is 21.5 Å². The highest BCUT2D eigenvalue weighted by Gasteiger charge is 2.59. The highest BCUT2D eigenvalue weighted by molar-refractivity contribution is 7.20. The molecule has 0 aliphatic heterocycles. The zero-order chi connectivity index (χ0) is 31.8. The van der Waals surface area contributed by atoms with Crippen molar-refractivity contribution in [3.8, 4) is 11.1 Å². The van der Waals surface area contributed by atoms with Gasteiger partial charge in [-0.2, -0.15) is 0 Å². The minimum atomic E-state index is -0.265. The van der Waals surface area contributed by atoms with Crippen LogP contribution in [0.5, 0.6) is 0 Å². The molecule has 1 nitrogen and oxygen atoms in total. The summed E-state index contributed by atoms with van der Waals surface area (Å²) in [5, 5.41) is 3.92. The fourth-order valence-electron chi connectivity index (χ4n) is 10.2. The summed E-state index contributed by atoms with van der Waals surface area (Å²) in [6.45, 7) is 0. The lowest BCUT2D eigenvalue weighted by molar-refractivity contribution is 0.809. The van der Waals surface area contributed by atoms with E-state index in [-0.39, 0.29) is 5.41 Å². The second-order valence-corrected chi connectivity index (χ2v) is 15.2. The van der Waals surface area contributed by atoms with Crippen molar-refractivity contribution in [2.24, 2.45) is 0 Å². The van der Waals surface area contributed by atoms with Gasteiger partial charge in [-0.25, -0.2) is 0 Å². The maximum Gasteiger partial charge on any atom is 0.0734 e. The third-order valence-electron chi connectivity index (χ3n) is 11.9. The van der Waals surface area contributed by atoms with Crippen LogP contribution in [0.1, 0.15) is 57.5 Å². The Hall–Kier alpha value is -5.44. The standard InChI is InChI=1S/C47H31NS/c1-2-13-30-28(11-1)12-7-22-41(30)48(42-23-10-20-38-33-15-4-6-24-43(33)49-46(38)42)29-25-26-32-35-17-9-19-37-36-18-8-16-34-31-14-3-5-21-39(31)47(44(34)36,45(35)37)40(32)27-29/h1-3,5-7,9-14,17-27H,4,8,15-16H2. The molecule has 0 amide bonds. The molecule has 1 atom stereocenters. The van der Waals surface area contributed by atoms with Gasteiger partial charge in [-0.05, 0) is 128 Å². The number of rotatable bonds is 3. The van der Waals surface area contributed by atoms with Crippen molar-refractivity contribution in [1.82, 2.24) is 0 Å². The normalized spacial score (nSPS) is 18.7. The van der Waals surface area contributed by atoms with Gasteiger partial charge in [0.15, 0.2) is 0 Å². The second-order valence-electron chi connectivity index (χ2n) is 14.1. The molecule has 12 rings (SSSR count). The molecule has 49 heavy (non-hydrogen) atoms. The molecule has 2 heteroatoms. The number of anilines is 3. The molecule has 1 aromatic heterocycles. The minimum absolute atomic E-state index is 0.265. The Morgan fingerprint density at radius 2 is 1.41 bits per heavy atom. The Morgan fingerprint density at radius 3 is 2.41 bits per heavy atom. The van der Waals surface area contributed by atoms with Gasteiger partial charge >= 0.3 is 0 Å². The number of aryl methyl sites for hydroxylation is 1. The molecule has 1 spiro atoms. The van der Waals surface area contributed by atoms with E-state index >= 15 is 0 Å². The van der Waals surface area contributed by atoms with Crippen LogP contribution in [0.4, 0.5) is 17.1 Å². The highest BCUT2D eigenvalue weighted by Crippen LogP contribution is 2.71. The molecule has 7 aromatic rings. The quantitative estimate of drug-likeness (QED) is 0.186. The summed E-state index contributed by atoms with van der Waals surface area (Å²) >= 11 is 1.95. The predicted octanol–water partition coefficient (Wildman–Crippen LogP) is 12.8. The monoisotopic (exact) mass is 641 g/mol. The van der Waals surface area contributed by atoms with E-state index in [2.05, 4.69) is 144 Å². The predicted molar refractivity (Wildman–Crippen MR) is 207 cm³/mol. The third kappa shape index (κ3) is 3.17. The van der Waals surface area contributed by atoms with E-state index in [0.717, 1.165) is 25.7 Å². The van der Waals surface area contributed by atoms with Crippen LogP contribution in [-0.4, -0.2) is 0 Å². The van der Waals surface area contributed by atoms with E-state index in [9.17, 15) is 0 Å². The van der Waals surface area contributed by atoms with Crippen LogP contribution in [-0.2, 0) is 11.8 Å². The lowest BCUT2D eigenvalue weighted by Gasteiger charge is -2.31. The maximum absolute atomic E-state index is 2.57. The molecule has 0 N–H and O–H groups in total. The van der Waals surface area contributed by atoms with Crippen LogP contribution in [0.2, 0.25) is 0 Å². The van der Waals surface area contributed by atoms with Gasteiger partial charge in [-0.15, -0.1) is 11.3 Å². The summed E-state index contributed by atoms with van der Waals surface area (Å²) in [5.41, 5.74) is 19.6. The Balaban J connectivity index is 1.18. The summed E-state index contributed by atoms with van der Waals surface area (Å²) in [6, 6.07) is 46.3. The van der Waals surface area contributed by atoms with Crippen LogP contribution in [0.25, 0.3) is 49.2 Å². The Morgan fingerprint density at radius 1 is 0.612 bits per heavy atom. The van der Waals surface area contributed by atoms with Gasteiger partial charge < -0.3 is 4.90 Å². The zero-order valence-electron chi connectivity index (χ0n) is 27.0. The molecule has 230 valence electrons. The number of nitrogens with zero attached hydrogens (tertiary/aromatic N) is 1. The molecule has 5 aliphatic carbocycles. The molecular formula is C47H31NS. The van der Waals surface area contributed by atoms with Gasteiger partial charge in [0.2, 0.25) is 0 Å². The van der Waals surface area contributed by atoms with E-state index in [1.165, 1.54) is 92.9 Å². The smallest absolute Gasteiger partial charge is 0.0734 e. The zero-order valence-corrected chi connectivity index (χ0v) is 27.8. The topological polar surface area (TPSA) is 3.24 Å². The van der Waals surface area contributed by atoms with Crippen LogP contribution >= 0.6 is 11.3 Å². The Kier molecular flexibility index (Phi) is 5.07. The van der Waals surface area contributed by atoms with E-state index in [1.54, 1.807) is 11.1 Å².